The van der Waals surface area contributed by atoms with Gasteiger partial charge in [0.05, 0.1) is 5.69 Å². The maximum absolute atomic E-state index is 4.37. The fourth-order valence-corrected chi connectivity index (χ4v) is 2.47. The summed E-state index contributed by atoms with van der Waals surface area (Å²) in [5, 5.41) is 7.69. The van der Waals surface area contributed by atoms with Gasteiger partial charge in [-0.2, -0.15) is 5.10 Å². The third kappa shape index (κ3) is 3.89. The molecule has 0 radical (unpaired) electrons. The van der Waals surface area contributed by atoms with Gasteiger partial charge in [-0.25, -0.2) is 0 Å². The van der Waals surface area contributed by atoms with Gasteiger partial charge >= 0.3 is 0 Å². The van der Waals surface area contributed by atoms with Gasteiger partial charge in [-0.1, -0.05) is 19.1 Å². The molecule has 1 aromatic carbocycles. The Hall–Kier alpha value is -1.26. The average Bonchev–Trinajstić information content (AvgIpc) is 2.81. The van der Waals surface area contributed by atoms with Crippen molar-refractivity contribution < 1.29 is 0 Å². The zero-order chi connectivity index (χ0) is 12.8. The minimum absolute atomic E-state index is 0.924. The Morgan fingerprint density at radius 3 is 2.61 bits per heavy atom. The van der Waals surface area contributed by atoms with E-state index in [1.165, 1.54) is 10.5 Å². The third-order valence-electron chi connectivity index (χ3n) is 2.66. The van der Waals surface area contributed by atoms with E-state index in [0.717, 1.165) is 24.5 Å². The molecule has 0 aliphatic carbocycles. The van der Waals surface area contributed by atoms with E-state index in [2.05, 4.69) is 47.7 Å². The van der Waals surface area contributed by atoms with E-state index in [1.54, 1.807) is 0 Å². The van der Waals surface area contributed by atoms with E-state index in [1.807, 2.05) is 29.7 Å². The fourth-order valence-electron chi connectivity index (χ4n) is 1.67. The Kier molecular flexibility index (Phi) is 4.84. The van der Waals surface area contributed by atoms with Crippen LogP contribution in [0.15, 0.2) is 41.4 Å². The molecule has 1 N–H and O–H groups in total. The normalized spacial score (nSPS) is 10.8. The van der Waals surface area contributed by atoms with Gasteiger partial charge in [0.15, 0.2) is 0 Å². The number of rotatable bonds is 6. The maximum Gasteiger partial charge on any atom is 0.0727 e. The number of benzene rings is 1. The van der Waals surface area contributed by atoms with Crippen molar-refractivity contribution in [1.82, 2.24) is 15.1 Å². The second-order valence-electron chi connectivity index (χ2n) is 4.19. The van der Waals surface area contributed by atoms with E-state index >= 15 is 0 Å². The predicted octanol–water partition coefficient (Wildman–Crippen LogP) is 2.82. The zero-order valence-electron chi connectivity index (χ0n) is 10.9. The van der Waals surface area contributed by atoms with E-state index < -0.39 is 0 Å². The molecule has 1 heterocycles. The molecule has 0 aliphatic heterocycles. The summed E-state index contributed by atoms with van der Waals surface area (Å²) in [6, 6.07) is 10.8. The summed E-state index contributed by atoms with van der Waals surface area (Å²) in [6.07, 6.45) is 1.98. The Morgan fingerprint density at radius 1 is 1.22 bits per heavy atom. The van der Waals surface area contributed by atoms with Crippen molar-refractivity contribution in [1.29, 1.82) is 0 Å². The average molecular weight is 261 g/mol. The molecular formula is C14H19N3S. The van der Waals surface area contributed by atoms with Crippen LogP contribution in [0.25, 0.3) is 0 Å². The van der Waals surface area contributed by atoms with Gasteiger partial charge in [0.1, 0.15) is 0 Å². The molecule has 0 unspecified atom stereocenters. The first kappa shape index (κ1) is 13.2. The van der Waals surface area contributed by atoms with E-state index in [0.29, 0.717) is 0 Å². The summed E-state index contributed by atoms with van der Waals surface area (Å²) in [5.74, 6) is 0.924. The molecule has 0 saturated carbocycles. The number of nitrogens with zero attached hydrogens (tertiary/aromatic N) is 2. The first-order valence-corrected chi connectivity index (χ1v) is 7.17. The minimum Gasteiger partial charge on any atom is -0.313 e. The van der Waals surface area contributed by atoms with Crippen molar-refractivity contribution >= 4 is 11.8 Å². The quantitative estimate of drug-likeness (QED) is 0.811. The summed E-state index contributed by atoms with van der Waals surface area (Å²) in [7, 11) is 1.95. The lowest BCUT2D eigenvalue weighted by molar-refractivity contribution is 0.726. The van der Waals surface area contributed by atoms with Crippen molar-refractivity contribution in [3.8, 4) is 0 Å². The molecule has 96 valence electrons. The summed E-state index contributed by atoms with van der Waals surface area (Å²) < 4.78 is 1.84. The molecule has 0 fully saturated rings. The van der Waals surface area contributed by atoms with Crippen LogP contribution in [0.1, 0.15) is 18.2 Å². The first-order valence-electron chi connectivity index (χ1n) is 6.19. The Bertz CT molecular complexity index is 476. The number of aryl methyl sites for hydroxylation is 1. The van der Waals surface area contributed by atoms with Crippen LogP contribution in [0.5, 0.6) is 0 Å². The zero-order valence-corrected chi connectivity index (χ0v) is 11.7. The Balaban J connectivity index is 1.86. The molecule has 18 heavy (non-hydrogen) atoms. The highest BCUT2D eigenvalue weighted by molar-refractivity contribution is 7.98. The molecule has 0 saturated heterocycles. The van der Waals surface area contributed by atoms with Gasteiger partial charge in [0.25, 0.3) is 0 Å². The maximum atomic E-state index is 4.37. The van der Waals surface area contributed by atoms with E-state index in [-0.39, 0.29) is 0 Å². The Morgan fingerprint density at radius 2 is 2.00 bits per heavy atom. The summed E-state index contributed by atoms with van der Waals surface area (Å²) in [4.78, 5) is 1.29. The lowest BCUT2D eigenvalue weighted by Crippen LogP contribution is -2.11. The molecule has 0 aliphatic rings. The van der Waals surface area contributed by atoms with Gasteiger partial charge < -0.3 is 5.32 Å². The van der Waals surface area contributed by atoms with Crippen LogP contribution in [0.4, 0.5) is 0 Å². The molecule has 1 aromatic heterocycles. The second-order valence-corrected chi connectivity index (χ2v) is 5.24. The van der Waals surface area contributed by atoms with E-state index in [4.69, 9.17) is 0 Å². The van der Waals surface area contributed by atoms with Gasteiger partial charge in [-0.15, -0.1) is 11.8 Å². The molecule has 4 heteroatoms. The van der Waals surface area contributed by atoms with Crippen LogP contribution in [0, 0.1) is 0 Å². The van der Waals surface area contributed by atoms with Crippen molar-refractivity contribution in [3.63, 3.8) is 0 Å². The smallest absolute Gasteiger partial charge is 0.0727 e. The van der Waals surface area contributed by atoms with Crippen LogP contribution < -0.4 is 5.32 Å². The van der Waals surface area contributed by atoms with Crippen LogP contribution in [0.3, 0.4) is 0 Å². The predicted molar refractivity (Wildman–Crippen MR) is 76.6 cm³/mol. The van der Waals surface area contributed by atoms with Gasteiger partial charge in [0, 0.05) is 30.4 Å². The fraction of sp³-hybridized carbons (Fsp3) is 0.357. The van der Waals surface area contributed by atoms with Crippen molar-refractivity contribution in [2.75, 3.05) is 6.54 Å². The van der Waals surface area contributed by atoms with E-state index in [9.17, 15) is 0 Å². The molecule has 2 aromatic rings. The van der Waals surface area contributed by atoms with Crippen molar-refractivity contribution in [2.24, 2.45) is 7.05 Å². The molecule has 0 bridgehead atoms. The summed E-state index contributed by atoms with van der Waals surface area (Å²) in [6.45, 7) is 4.08. The molecule has 0 spiro atoms. The molecular weight excluding hydrogens is 242 g/mol. The Labute approximate surface area is 113 Å². The topological polar surface area (TPSA) is 29.9 Å². The third-order valence-corrected chi connectivity index (χ3v) is 3.70. The monoisotopic (exact) mass is 261 g/mol. The number of hydrogen-bond acceptors (Lipinski definition) is 3. The van der Waals surface area contributed by atoms with Crippen molar-refractivity contribution in [3.05, 3.63) is 47.8 Å². The lowest BCUT2D eigenvalue weighted by Gasteiger charge is -2.04. The largest absolute Gasteiger partial charge is 0.313 e. The number of nitrogens with one attached hydrogen (secondary N) is 1. The lowest BCUT2D eigenvalue weighted by atomic mass is 10.2. The first-order chi connectivity index (χ1) is 8.78. The van der Waals surface area contributed by atoms with Gasteiger partial charge in [0.2, 0.25) is 0 Å². The van der Waals surface area contributed by atoms with Gasteiger partial charge in [-0.3, -0.25) is 4.68 Å². The number of hydrogen-bond donors (Lipinski definition) is 1. The second kappa shape index (κ2) is 6.61. The standard InChI is InChI=1S/C14H19N3S/c1-3-15-10-12-4-6-14(7-5-12)18-11-13-8-9-17(2)16-13/h4-9,15H,3,10-11H2,1-2H3. The van der Waals surface area contributed by atoms with Crippen LogP contribution in [-0.2, 0) is 19.3 Å². The number of aromatic nitrogens is 2. The molecule has 3 nitrogen and oxygen atoms in total. The molecule has 0 amide bonds. The molecule has 2 rings (SSSR count). The summed E-state index contributed by atoms with van der Waals surface area (Å²) in [5.41, 5.74) is 2.46. The van der Waals surface area contributed by atoms with Gasteiger partial charge in [-0.05, 0) is 30.3 Å². The van der Waals surface area contributed by atoms with Crippen LogP contribution in [0.2, 0.25) is 0 Å². The van der Waals surface area contributed by atoms with Crippen LogP contribution >= 0.6 is 11.8 Å². The molecule has 0 atom stereocenters. The highest BCUT2D eigenvalue weighted by Crippen LogP contribution is 2.22. The number of thioether (sulfide) groups is 1. The van der Waals surface area contributed by atoms with Crippen molar-refractivity contribution in [2.45, 2.75) is 24.1 Å². The van der Waals surface area contributed by atoms with Crippen LogP contribution in [-0.4, -0.2) is 16.3 Å². The summed E-state index contributed by atoms with van der Waals surface area (Å²) >= 11 is 1.82. The minimum atomic E-state index is 0.924. The SMILES string of the molecule is CCNCc1ccc(SCc2ccn(C)n2)cc1. The highest BCUT2D eigenvalue weighted by Gasteiger charge is 1.99. The highest BCUT2D eigenvalue weighted by atomic mass is 32.2.